The van der Waals surface area contributed by atoms with E-state index in [1.165, 1.54) is 17.7 Å². The minimum atomic E-state index is 0.184. The molecule has 18 heavy (non-hydrogen) atoms. The number of nitrogens with one attached hydrogen (secondary N) is 1. The van der Waals surface area contributed by atoms with Crippen molar-refractivity contribution in [1.82, 2.24) is 5.32 Å². The standard InChI is InChI=1S/C15H23ClN2/c1-4-15(3)11-18(9-5-8-17-15)14-10-12(2)6-7-13(14)16/h6-7,10,17H,4-5,8-9,11H2,1-3H3. The summed E-state index contributed by atoms with van der Waals surface area (Å²) in [5.41, 5.74) is 2.63. The summed E-state index contributed by atoms with van der Waals surface area (Å²) in [4.78, 5) is 2.43. The van der Waals surface area contributed by atoms with Gasteiger partial charge in [-0.1, -0.05) is 24.6 Å². The van der Waals surface area contributed by atoms with Gasteiger partial charge in [0.15, 0.2) is 0 Å². The van der Waals surface area contributed by atoms with Crippen LogP contribution < -0.4 is 10.2 Å². The molecule has 1 saturated heterocycles. The normalized spacial score (nSPS) is 25.0. The Hall–Kier alpha value is -0.730. The molecular formula is C15H23ClN2. The molecule has 0 aliphatic carbocycles. The molecule has 0 aromatic heterocycles. The highest BCUT2D eigenvalue weighted by molar-refractivity contribution is 6.33. The van der Waals surface area contributed by atoms with Crippen LogP contribution in [0.25, 0.3) is 0 Å². The second-order valence-corrected chi connectivity index (χ2v) is 5.98. The first kappa shape index (κ1) is 13.7. The van der Waals surface area contributed by atoms with Gasteiger partial charge in [-0.15, -0.1) is 0 Å². The number of aryl methyl sites for hydroxylation is 1. The quantitative estimate of drug-likeness (QED) is 0.880. The highest BCUT2D eigenvalue weighted by Crippen LogP contribution is 2.29. The third kappa shape index (κ3) is 2.99. The predicted octanol–water partition coefficient (Wildman–Crippen LogP) is 3.62. The van der Waals surface area contributed by atoms with Gasteiger partial charge in [0.25, 0.3) is 0 Å². The average molecular weight is 267 g/mol. The maximum Gasteiger partial charge on any atom is 0.0639 e. The van der Waals surface area contributed by atoms with Crippen LogP contribution in [0.5, 0.6) is 0 Å². The maximum absolute atomic E-state index is 6.36. The zero-order chi connectivity index (χ0) is 13.2. The Morgan fingerprint density at radius 2 is 2.22 bits per heavy atom. The van der Waals surface area contributed by atoms with Gasteiger partial charge in [0.2, 0.25) is 0 Å². The number of rotatable bonds is 2. The van der Waals surface area contributed by atoms with Gasteiger partial charge in [0.05, 0.1) is 10.7 Å². The molecule has 0 saturated carbocycles. The summed E-state index contributed by atoms with van der Waals surface area (Å²) in [5, 5.41) is 4.52. The Bertz CT molecular complexity index is 419. The Morgan fingerprint density at radius 3 is 2.94 bits per heavy atom. The SMILES string of the molecule is CCC1(C)CN(c2cc(C)ccc2Cl)CCCN1. The molecule has 100 valence electrons. The largest absolute Gasteiger partial charge is 0.368 e. The van der Waals surface area contributed by atoms with Gasteiger partial charge >= 0.3 is 0 Å². The Kier molecular flexibility index (Phi) is 4.18. The Labute approximate surface area is 115 Å². The van der Waals surface area contributed by atoms with Gasteiger partial charge in [-0.3, -0.25) is 0 Å². The van der Waals surface area contributed by atoms with Crippen LogP contribution in [-0.4, -0.2) is 25.2 Å². The fourth-order valence-corrected chi connectivity index (χ4v) is 2.76. The molecule has 1 unspecified atom stereocenters. The summed E-state index contributed by atoms with van der Waals surface area (Å²) in [5.74, 6) is 0. The second kappa shape index (κ2) is 5.50. The Morgan fingerprint density at radius 1 is 1.44 bits per heavy atom. The van der Waals surface area contributed by atoms with Gasteiger partial charge in [-0.2, -0.15) is 0 Å². The molecule has 1 aliphatic heterocycles. The van der Waals surface area contributed by atoms with Crippen LogP contribution >= 0.6 is 11.6 Å². The molecule has 2 nitrogen and oxygen atoms in total. The number of anilines is 1. The summed E-state index contributed by atoms with van der Waals surface area (Å²) < 4.78 is 0. The van der Waals surface area contributed by atoms with Crippen molar-refractivity contribution in [2.24, 2.45) is 0 Å². The third-order valence-electron chi connectivity index (χ3n) is 3.92. The molecule has 2 rings (SSSR count). The van der Waals surface area contributed by atoms with Gasteiger partial charge in [0.1, 0.15) is 0 Å². The lowest BCUT2D eigenvalue weighted by Crippen LogP contribution is -2.48. The van der Waals surface area contributed by atoms with E-state index in [2.05, 4.69) is 43.1 Å². The fourth-order valence-electron chi connectivity index (χ4n) is 2.52. The first-order valence-corrected chi connectivity index (χ1v) is 7.18. The van der Waals surface area contributed by atoms with E-state index in [4.69, 9.17) is 11.6 Å². The summed E-state index contributed by atoms with van der Waals surface area (Å²) in [6.07, 6.45) is 2.30. The molecule has 0 radical (unpaired) electrons. The van der Waals surface area contributed by atoms with Gasteiger partial charge in [0, 0.05) is 18.6 Å². The van der Waals surface area contributed by atoms with E-state index in [1.807, 2.05) is 6.07 Å². The van der Waals surface area contributed by atoms with Crippen molar-refractivity contribution in [2.45, 2.75) is 39.2 Å². The molecular weight excluding hydrogens is 244 g/mol. The average Bonchev–Trinajstić information content (AvgIpc) is 2.55. The number of nitrogens with zero attached hydrogens (tertiary/aromatic N) is 1. The van der Waals surface area contributed by atoms with E-state index in [0.717, 1.165) is 31.1 Å². The van der Waals surface area contributed by atoms with Crippen LogP contribution in [0.3, 0.4) is 0 Å². The summed E-state index contributed by atoms with van der Waals surface area (Å²) in [6, 6.07) is 6.28. The van der Waals surface area contributed by atoms with Gasteiger partial charge in [-0.25, -0.2) is 0 Å². The van der Waals surface area contributed by atoms with Crippen LogP contribution in [0.15, 0.2) is 18.2 Å². The molecule has 0 bridgehead atoms. The topological polar surface area (TPSA) is 15.3 Å². The molecule has 1 heterocycles. The molecule has 1 aromatic rings. The maximum atomic E-state index is 6.36. The minimum Gasteiger partial charge on any atom is -0.368 e. The van der Waals surface area contributed by atoms with Crippen LogP contribution in [0.4, 0.5) is 5.69 Å². The summed E-state index contributed by atoms with van der Waals surface area (Å²) in [6.45, 7) is 9.85. The number of hydrogen-bond donors (Lipinski definition) is 1. The summed E-state index contributed by atoms with van der Waals surface area (Å²) >= 11 is 6.36. The van der Waals surface area contributed by atoms with E-state index in [-0.39, 0.29) is 5.54 Å². The van der Waals surface area contributed by atoms with Crippen molar-refractivity contribution in [2.75, 3.05) is 24.5 Å². The Balaban J connectivity index is 2.28. The van der Waals surface area contributed by atoms with Crippen LogP contribution in [0.2, 0.25) is 5.02 Å². The molecule has 0 amide bonds. The molecule has 1 N–H and O–H groups in total. The molecule has 1 atom stereocenters. The predicted molar refractivity (Wildman–Crippen MR) is 79.7 cm³/mol. The lowest BCUT2D eigenvalue weighted by Gasteiger charge is -2.34. The molecule has 0 spiro atoms. The zero-order valence-electron chi connectivity index (χ0n) is 11.6. The highest BCUT2D eigenvalue weighted by atomic mass is 35.5. The minimum absolute atomic E-state index is 0.184. The van der Waals surface area contributed by atoms with Crippen molar-refractivity contribution in [3.8, 4) is 0 Å². The van der Waals surface area contributed by atoms with Crippen molar-refractivity contribution in [1.29, 1.82) is 0 Å². The van der Waals surface area contributed by atoms with Crippen LogP contribution in [0, 0.1) is 6.92 Å². The van der Waals surface area contributed by atoms with E-state index in [9.17, 15) is 0 Å². The molecule has 1 aliphatic rings. The van der Waals surface area contributed by atoms with Crippen molar-refractivity contribution in [3.05, 3.63) is 28.8 Å². The monoisotopic (exact) mass is 266 g/mol. The number of hydrogen-bond acceptors (Lipinski definition) is 2. The van der Waals surface area contributed by atoms with Crippen molar-refractivity contribution in [3.63, 3.8) is 0 Å². The van der Waals surface area contributed by atoms with E-state index in [1.54, 1.807) is 0 Å². The third-order valence-corrected chi connectivity index (χ3v) is 4.24. The second-order valence-electron chi connectivity index (χ2n) is 5.57. The molecule has 1 fully saturated rings. The van der Waals surface area contributed by atoms with Gasteiger partial charge in [-0.05, 0) is 50.9 Å². The molecule has 3 heteroatoms. The first-order valence-electron chi connectivity index (χ1n) is 6.80. The van der Waals surface area contributed by atoms with Crippen molar-refractivity contribution < 1.29 is 0 Å². The van der Waals surface area contributed by atoms with E-state index in [0.29, 0.717) is 0 Å². The number of benzene rings is 1. The van der Waals surface area contributed by atoms with Crippen molar-refractivity contribution >= 4 is 17.3 Å². The lowest BCUT2D eigenvalue weighted by molar-refractivity contribution is 0.366. The van der Waals surface area contributed by atoms with E-state index < -0.39 is 0 Å². The number of halogens is 1. The van der Waals surface area contributed by atoms with Gasteiger partial charge < -0.3 is 10.2 Å². The van der Waals surface area contributed by atoms with Crippen LogP contribution in [-0.2, 0) is 0 Å². The first-order chi connectivity index (χ1) is 8.54. The van der Waals surface area contributed by atoms with Crippen LogP contribution in [0.1, 0.15) is 32.3 Å². The summed E-state index contributed by atoms with van der Waals surface area (Å²) in [7, 11) is 0. The lowest BCUT2D eigenvalue weighted by atomic mass is 9.98. The fraction of sp³-hybridized carbons (Fsp3) is 0.600. The van der Waals surface area contributed by atoms with E-state index >= 15 is 0 Å². The highest BCUT2D eigenvalue weighted by Gasteiger charge is 2.27. The molecule has 1 aromatic carbocycles. The zero-order valence-corrected chi connectivity index (χ0v) is 12.3. The smallest absolute Gasteiger partial charge is 0.0639 e.